The molecule has 1 unspecified atom stereocenters. The Morgan fingerprint density at radius 1 is 1.47 bits per heavy atom. The lowest BCUT2D eigenvalue weighted by Gasteiger charge is -2.11. The van der Waals surface area contributed by atoms with Crippen molar-refractivity contribution in [1.29, 1.82) is 0 Å². The van der Waals surface area contributed by atoms with Crippen molar-refractivity contribution < 1.29 is 8.42 Å². The van der Waals surface area contributed by atoms with Gasteiger partial charge in [0.05, 0.1) is 4.90 Å². The topological polar surface area (TPSA) is 74.0 Å². The minimum atomic E-state index is -3.49. The first-order chi connectivity index (χ1) is 9.03. The number of rotatable bonds is 6. The Labute approximate surface area is 117 Å². The van der Waals surface area contributed by atoms with E-state index < -0.39 is 10.0 Å². The predicted molar refractivity (Wildman–Crippen MR) is 76.6 cm³/mol. The highest BCUT2D eigenvalue weighted by Gasteiger charge is 2.19. The van der Waals surface area contributed by atoms with E-state index in [9.17, 15) is 8.42 Å². The Hall–Kier alpha value is -1.15. The van der Waals surface area contributed by atoms with Crippen LogP contribution in [0.25, 0.3) is 0 Å². The van der Waals surface area contributed by atoms with Crippen LogP contribution in [0.2, 0.25) is 0 Å². The number of nitrogens with one attached hydrogen (secondary N) is 3. The molecule has 0 saturated heterocycles. The molecule has 0 aliphatic carbocycles. The van der Waals surface area contributed by atoms with E-state index >= 15 is 0 Å². The van der Waals surface area contributed by atoms with Crippen LogP contribution in [0.1, 0.15) is 24.2 Å². The zero-order valence-electron chi connectivity index (χ0n) is 10.8. The van der Waals surface area contributed by atoms with Crippen LogP contribution in [0.4, 0.5) is 0 Å². The molecule has 2 aromatic heterocycles. The van der Waals surface area contributed by atoms with E-state index in [2.05, 4.69) is 15.0 Å². The average Bonchev–Trinajstić information content (AvgIpc) is 2.99. The summed E-state index contributed by atoms with van der Waals surface area (Å²) in [6.07, 6.45) is 1.51. The molecule has 5 nitrogen and oxygen atoms in total. The van der Waals surface area contributed by atoms with Gasteiger partial charge in [-0.25, -0.2) is 13.1 Å². The van der Waals surface area contributed by atoms with E-state index in [-0.39, 0.29) is 10.9 Å². The van der Waals surface area contributed by atoms with Crippen molar-refractivity contribution in [1.82, 2.24) is 15.0 Å². The van der Waals surface area contributed by atoms with Gasteiger partial charge in [-0.3, -0.25) is 0 Å². The average molecular weight is 299 g/mol. The molecule has 104 valence electrons. The summed E-state index contributed by atoms with van der Waals surface area (Å²) in [5.41, 5.74) is 1.81. The van der Waals surface area contributed by atoms with Crippen LogP contribution < -0.4 is 10.0 Å². The van der Waals surface area contributed by atoms with Gasteiger partial charge in [0, 0.05) is 24.5 Å². The number of aromatic amines is 1. The third-order valence-corrected chi connectivity index (χ3v) is 4.99. The van der Waals surface area contributed by atoms with Gasteiger partial charge in [-0.1, -0.05) is 0 Å². The first-order valence-electron chi connectivity index (χ1n) is 5.89. The standard InChI is InChI=1S/C12H17N3O2S2/c1-9(10-3-4-18-8-10)15-19(16,17)12-5-11(6-13-2)14-7-12/h3-5,7-9,13-15H,6H2,1-2H3. The fraction of sp³-hybridized carbons (Fsp3) is 0.333. The largest absolute Gasteiger partial charge is 0.363 e. The van der Waals surface area contributed by atoms with Crippen molar-refractivity contribution in [2.75, 3.05) is 7.05 Å². The molecule has 2 rings (SSSR count). The molecular weight excluding hydrogens is 282 g/mol. The number of aromatic nitrogens is 1. The van der Waals surface area contributed by atoms with E-state index in [1.54, 1.807) is 17.4 Å². The van der Waals surface area contributed by atoms with Gasteiger partial charge in [0.15, 0.2) is 0 Å². The second-order valence-electron chi connectivity index (χ2n) is 4.29. The van der Waals surface area contributed by atoms with E-state index in [4.69, 9.17) is 0 Å². The molecule has 2 heterocycles. The van der Waals surface area contributed by atoms with Crippen LogP contribution in [0.15, 0.2) is 34.0 Å². The summed E-state index contributed by atoms with van der Waals surface area (Å²) in [5.74, 6) is 0. The minimum Gasteiger partial charge on any atom is -0.363 e. The Morgan fingerprint density at radius 2 is 2.26 bits per heavy atom. The van der Waals surface area contributed by atoms with Crippen molar-refractivity contribution in [3.63, 3.8) is 0 Å². The lowest BCUT2D eigenvalue weighted by molar-refractivity contribution is 0.567. The number of hydrogen-bond acceptors (Lipinski definition) is 4. The van der Waals surface area contributed by atoms with Gasteiger partial charge in [0.2, 0.25) is 10.0 Å². The van der Waals surface area contributed by atoms with Gasteiger partial charge in [-0.05, 0) is 42.4 Å². The molecule has 0 spiro atoms. The highest BCUT2D eigenvalue weighted by atomic mass is 32.2. The molecule has 0 aliphatic rings. The minimum absolute atomic E-state index is 0.237. The second-order valence-corrected chi connectivity index (χ2v) is 6.78. The maximum absolute atomic E-state index is 12.2. The van der Waals surface area contributed by atoms with Gasteiger partial charge < -0.3 is 10.3 Å². The smallest absolute Gasteiger partial charge is 0.242 e. The van der Waals surface area contributed by atoms with Crippen LogP contribution in [-0.4, -0.2) is 20.4 Å². The van der Waals surface area contributed by atoms with E-state index in [0.29, 0.717) is 6.54 Å². The maximum atomic E-state index is 12.2. The van der Waals surface area contributed by atoms with Gasteiger partial charge in [-0.2, -0.15) is 11.3 Å². The molecule has 0 aliphatic heterocycles. The summed E-state index contributed by atoms with van der Waals surface area (Å²) in [7, 11) is -1.68. The normalized spacial score (nSPS) is 13.6. The predicted octanol–water partition coefficient (Wildman–Crippen LogP) is 1.84. The molecule has 0 radical (unpaired) electrons. The Bertz CT molecular complexity index is 617. The molecule has 0 aromatic carbocycles. The van der Waals surface area contributed by atoms with Crippen molar-refractivity contribution in [3.8, 4) is 0 Å². The maximum Gasteiger partial charge on any atom is 0.242 e. The molecule has 7 heteroatoms. The number of hydrogen-bond donors (Lipinski definition) is 3. The Morgan fingerprint density at radius 3 is 2.89 bits per heavy atom. The molecule has 19 heavy (non-hydrogen) atoms. The first-order valence-corrected chi connectivity index (χ1v) is 8.32. The summed E-state index contributed by atoms with van der Waals surface area (Å²) < 4.78 is 27.1. The highest BCUT2D eigenvalue weighted by Crippen LogP contribution is 2.19. The SMILES string of the molecule is CNCc1cc(S(=O)(=O)NC(C)c2ccsc2)c[nH]1. The molecule has 0 amide bonds. The zero-order valence-corrected chi connectivity index (χ0v) is 12.4. The van der Waals surface area contributed by atoms with Gasteiger partial charge in [0.25, 0.3) is 0 Å². The van der Waals surface area contributed by atoms with Gasteiger partial charge in [-0.15, -0.1) is 0 Å². The Kier molecular flexibility index (Phi) is 4.41. The van der Waals surface area contributed by atoms with Gasteiger partial charge >= 0.3 is 0 Å². The quantitative estimate of drug-likeness (QED) is 0.762. The summed E-state index contributed by atoms with van der Waals surface area (Å²) in [6.45, 7) is 2.44. The van der Waals surface area contributed by atoms with Crippen molar-refractivity contribution in [3.05, 3.63) is 40.3 Å². The molecule has 0 bridgehead atoms. The van der Waals surface area contributed by atoms with Crippen LogP contribution in [0, 0.1) is 0 Å². The summed E-state index contributed by atoms with van der Waals surface area (Å²) in [6, 6.07) is 3.32. The molecule has 0 saturated carbocycles. The Balaban J connectivity index is 2.13. The molecule has 0 fully saturated rings. The van der Waals surface area contributed by atoms with Crippen molar-refractivity contribution in [2.24, 2.45) is 0 Å². The van der Waals surface area contributed by atoms with Crippen LogP contribution in [0.5, 0.6) is 0 Å². The van der Waals surface area contributed by atoms with Crippen LogP contribution in [0.3, 0.4) is 0 Å². The third-order valence-electron chi connectivity index (χ3n) is 2.77. The van der Waals surface area contributed by atoms with E-state index in [1.807, 2.05) is 30.8 Å². The number of thiophene rings is 1. The third kappa shape index (κ3) is 3.44. The molecule has 1 atom stereocenters. The summed E-state index contributed by atoms with van der Waals surface area (Å²) >= 11 is 1.55. The van der Waals surface area contributed by atoms with Crippen LogP contribution in [-0.2, 0) is 16.6 Å². The first kappa shape index (κ1) is 14.3. The van der Waals surface area contributed by atoms with E-state index in [0.717, 1.165) is 11.3 Å². The van der Waals surface area contributed by atoms with Crippen molar-refractivity contribution in [2.45, 2.75) is 24.4 Å². The lowest BCUT2D eigenvalue weighted by atomic mass is 10.2. The number of H-pyrrole nitrogens is 1. The molecular formula is C12H17N3O2S2. The number of sulfonamides is 1. The fourth-order valence-electron chi connectivity index (χ4n) is 1.76. The highest BCUT2D eigenvalue weighted by molar-refractivity contribution is 7.89. The summed E-state index contributed by atoms with van der Waals surface area (Å²) in [5, 5.41) is 6.84. The summed E-state index contributed by atoms with van der Waals surface area (Å²) in [4.78, 5) is 3.20. The van der Waals surface area contributed by atoms with Crippen molar-refractivity contribution >= 4 is 21.4 Å². The fourth-order valence-corrected chi connectivity index (χ4v) is 3.76. The second kappa shape index (κ2) is 5.87. The van der Waals surface area contributed by atoms with E-state index in [1.165, 1.54) is 6.20 Å². The molecule has 3 N–H and O–H groups in total. The molecule has 2 aromatic rings. The van der Waals surface area contributed by atoms with Gasteiger partial charge in [0.1, 0.15) is 0 Å². The zero-order chi connectivity index (χ0) is 13.9. The van der Waals surface area contributed by atoms with Crippen LogP contribution >= 0.6 is 11.3 Å². The monoisotopic (exact) mass is 299 g/mol. The lowest BCUT2D eigenvalue weighted by Crippen LogP contribution is -2.26.